The van der Waals surface area contributed by atoms with E-state index in [1.54, 1.807) is 17.8 Å². The number of rotatable bonds is 2. The van der Waals surface area contributed by atoms with Gasteiger partial charge in [0.1, 0.15) is 5.82 Å². The summed E-state index contributed by atoms with van der Waals surface area (Å²) >= 11 is 7.61. The van der Waals surface area contributed by atoms with Crippen molar-refractivity contribution in [2.24, 2.45) is 10.9 Å². The first kappa shape index (κ1) is 12.7. The van der Waals surface area contributed by atoms with E-state index in [1.807, 2.05) is 0 Å². The summed E-state index contributed by atoms with van der Waals surface area (Å²) in [5, 5.41) is 4.37. The van der Waals surface area contributed by atoms with Gasteiger partial charge in [0.25, 0.3) is 0 Å². The summed E-state index contributed by atoms with van der Waals surface area (Å²) in [6.45, 7) is 4.31. The smallest absolute Gasteiger partial charge is 0.161 e. The van der Waals surface area contributed by atoms with Crippen LogP contribution in [0.25, 0.3) is 0 Å². The molecule has 0 amide bonds. The number of benzene rings is 1. The molecule has 17 heavy (non-hydrogen) atoms. The molecule has 1 N–H and O–H groups in total. The van der Waals surface area contributed by atoms with E-state index in [4.69, 9.17) is 11.6 Å². The van der Waals surface area contributed by atoms with E-state index in [9.17, 15) is 4.39 Å². The van der Waals surface area contributed by atoms with Crippen molar-refractivity contribution in [3.63, 3.8) is 0 Å². The monoisotopic (exact) mass is 272 g/mol. The van der Waals surface area contributed by atoms with E-state index in [-0.39, 0.29) is 5.82 Å². The molecule has 5 heteroatoms. The second kappa shape index (κ2) is 5.27. The number of amidine groups is 1. The second-order valence-electron chi connectivity index (χ2n) is 4.31. The van der Waals surface area contributed by atoms with Gasteiger partial charge in [-0.25, -0.2) is 4.39 Å². The van der Waals surface area contributed by atoms with Gasteiger partial charge in [-0.3, -0.25) is 4.99 Å². The van der Waals surface area contributed by atoms with Crippen LogP contribution in [0.5, 0.6) is 0 Å². The van der Waals surface area contributed by atoms with Crippen molar-refractivity contribution < 1.29 is 4.39 Å². The van der Waals surface area contributed by atoms with Crippen molar-refractivity contribution in [3.05, 3.63) is 29.0 Å². The van der Waals surface area contributed by atoms with Gasteiger partial charge in [-0.1, -0.05) is 37.2 Å². The van der Waals surface area contributed by atoms with Crippen molar-refractivity contribution >= 4 is 34.2 Å². The van der Waals surface area contributed by atoms with Gasteiger partial charge in [-0.05, 0) is 24.1 Å². The van der Waals surface area contributed by atoms with Crippen LogP contribution in [-0.2, 0) is 0 Å². The van der Waals surface area contributed by atoms with Crippen LogP contribution in [0.1, 0.15) is 13.8 Å². The lowest BCUT2D eigenvalue weighted by atomic mass is 10.1. The minimum absolute atomic E-state index is 0.332. The SMILES string of the molecule is CC(C)C1CSC(Nc2ccc(F)cc2Cl)=N1. The third-order valence-electron chi connectivity index (χ3n) is 2.62. The molecule has 1 aromatic carbocycles. The molecule has 1 aliphatic rings. The molecule has 2 nitrogen and oxygen atoms in total. The van der Waals surface area contributed by atoms with Crippen molar-refractivity contribution in [3.8, 4) is 0 Å². The summed E-state index contributed by atoms with van der Waals surface area (Å²) in [7, 11) is 0. The van der Waals surface area contributed by atoms with Crippen molar-refractivity contribution in [1.82, 2.24) is 0 Å². The van der Waals surface area contributed by atoms with Crippen molar-refractivity contribution in [2.75, 3.05) is 11.1 Å². The van der Waals surface area contributed by atoms with E-state index in [0.717, 1.165) is 10.9 Å². The normalized spacial score (nSPS) is 19.6. The molecule has 1 aliphatic heterocycles. The molecule has 1 heterocycles. The number of nitrogens with zero attached hydrogens (tertiary/aromatic N) is 1. The fourth-order valence-corrected chi connectivity index (χ4v) is 2.90. The number of halogens is 2. The Balaban J connectivity index is 2.09. The molecular weight excluding hydrogens is 259 g/mol. The summed E-state index contributed by atoms with van der Waals surface area (Å²) in [6, 6.07) is 4.66. The topological polar surface area (TPSA) is 24.4 Å². The summed E-state index contributed by atoms with van der Waals surface area (Å²) in [5.41, 5.74) is 0.698. The van der Waals surface area contributed by atoms with Crippen LogP contribution in [0.3, 0.4) is 0 Å². The Morgan fingerprint density at radius 1 is 1.53 bits per heavy atom. The van der Waals surface area contributed by atoms with E-state index in [0.29, 0.717) is 22.7 Å². The van der Waals surface area contributed by atoms with Crippen molar-refractivity contribution in [1.29, 1.82) is 0 Å². The molecular formula is C12H14ClFN2S. The zero-order valence-electron chi connectivity index (χ0n) is 9.71. The van der Waals surface area contributed by atoms with Crippen LogP contribution in [0.15, 0.2) is 23.2 Å². The van der Waals surface area contributed by atoms with Crippen LogP contribution < -0.4 is 5.32 Å². The Kier molecular flexibility index (Phi) is 3.94. The Morgan fingerprint density at radius 2 is 2.29 bits per heavy atom. The van der Waals surface area contributed by atoms with Gasteiger partial charge in [0.2, 0.25) is 0 Å². The fourth-order valence-electron chi connectivity index (χ4n) is 1.51. The Bertz CT molecular complexity index is 448. The van der Waals surface area contributed by atoms with E-state index in [2.05, 4.69) is 24.2 Å². The maximum Gasteiger partial charge on any atom is 0.161 e. The predicted molar refractivity (Wildman–Crippen MR) is 73.6 cm³/mol. The molecule has 92 valence electrons. The molecule has 0 radical (unpaired) electrons. The lowest BCUT2D eigenvalue weighted by molar-refractivity contribution is 0.543. The number of anilines is 1. The van der Waals surface area contributed by atoms with Gasteiger partial charge in [0, 0.05) is 5.75 Å². The average Bonchev–Trinajstić information content (AvgIpc) is 2.71. The molecule has 0 aliphatic carbocycles. The number of aliphatic imine (C=N–C) groups is 1. The van der Waals surface area contributed by atoms with Gasteiger partial charge in [-0.2, -0.15) is 0 Å². The van der Waals surface area contributed by atoms with Crippen LogP contribution in [0, 0.1) is 11.7 Å². The maximum absolute atomic E-state index is 12.9. The first-order valence-corrected chi connectivity index (χ1v) is 6.85. The second-order valence-corrected chi connectivity index (χ2v) is 5.72. The minimum atomic E-state index is -0.332. The molecule has 1 aromatic rings. The third-order valence-corrected chi connectivity index (χ3v) is 3.92. The summed E-state index contributed by atoms with van der Waals surface area (Å²) in [5.74, 6) is 1.19. The lowest BCUT2D eigenvalue weighted by Gasteiger charge is -2.08. The zero-order valence-corrected chi connectivity index (χ0v) is 11.3. The van der Waals surface area contributed by atoms with Crippen LogP contribution >= 0.6 is 23.4 Å². The van der Waals surface area contributed by atoms with Crippen LogP contribution in [-0.4, -0.2) is 17.0 Å². The Hall–Kier alpha value is -0.740. The molecule has 2 rings (SSSR count). The Labute approximate surface area is 110 Å². The molecule has 0 saturated carbocycles. The molecule has 0 spiro atoms. The summed E-state index contributed by atoms with van der Waals surface area (Å²) in [4.78, 5) is 4.56. The van der Waals surface area contributed by atoms with Crippen molar-refractivity contribution in [2.45, 2.75) is 19.9 Å². The fraction of sp³-hybridized carbons (Fsp3) is 0.417. The number of hydrogen-bond acceptors (Lipinski definition) is 3. The van der Waals surface area contributed by atoms with Gasteiger partial charge in [0.05, 0.1) is 16.8 Å². The lowest BCUT2D eigenvalue weighted by Crippen LogP contribution is -2.12. The summed E-state index contributed by atoms with van der Waals surface area (Å²) < 4.78 is 12.9. The molecule has 1 unspecified atom stereocenters. The van der Waals surface area contributed by atoms with Gasteiger partial charge < -0.3 is 5.32 Å². The number of nitrogens with one attached hydrogen (secondary N) is 1. The number of thioether (sulfide) groups is 1. The first-order valence-electron chi connectivity index (χ1n) is 5.49. The molecule has 0 bridgehead atoms. The molecule has 1 atom stereocenters. The van der Waals surface area contributed by atoms with Crippen LogP contribution in [0.2, 0.25) is 5.02 Å². The highest BCUT2D eigenvalue weighted by Gasteiger charge is 2.21. The van der Waals surface area contributed by atoms with Gasteiger partial charge in [0.15, 0.2) is 5.17 Å². The summed E-state index contributed by atoms with van der Waals surface area (Å²) in [6.07, 6.45) is 0. The van der Waals surface area contributed by atoms with Gasteiger partial charge in [-0.15, -0.1) is 0 Å². The molecule has 0 fully saturated rings. The highest BCUT2D eigenvalue weighted by molar-refractivity contribution is 8.14. The highest BCUT2D eigenvalue weighted by atomic mass is 35.5. The average molecular weight is 273 g/mol. The third kappa shape index (κ3) is 3.13. The van der Waals surface area contributed by atoms with E-state index >= 15 is 0 Å². The first-order chi connectivity index (χ1) is 8.06. The van der Waals surface area contributed by atoms with Gasteiger partial charge >= 0.3 is 0 Å². The van der Waals surface area contributed by atoms with E-state index in [1.165, 1.54) is 12.1 Å². The largest absolute Gasteiger partial charge is 0.334 e. The minimum Gasteiger partial charge on any atom is -0.334 e. The highest BCUT2D eigenvalue weighted by Crippen LogP contribution is 2.28. The predicted octanol–water partition coefficient (Wildman–Crippen LogP) is 4.02. The number of hydrogen-bond donors (Lipinski definition) is 1. The standard InChI is InChI=1S/C12H14ClFN2S/c1-7(2)11-6-17-12(16-11)15-10-4-3-8(14)5-9(10)13/h3-5,7,11H,6H2,1-2H3,(H,15,16). The van der Waals surface area contributed by atoms with Crippen LogP contribution in [0.4, 0.5) is 10.1 Å². The Morgan fingerprint density at radius 3 is 2.88 bits per heavy atom. The molecule has 0 saturated heterocycles. The van der Waals surface area contributed by atoms with E-state index < -0.39 is 0 Å². The maximum atomic E-state index is 12.9. The molecule has 0 aromatic heterocycles. The zero-order chi connectivity index (χ0) is 12.4. The quantitative estimate of drug-likeness (QED) is 0.879.